The van der Waals surface area contributed by atoms with Gasteiger partial charge in [0.15, 0.2) is 0 Å². The topological polar surface area (TPSA) is 64.4 Å². The van der Waals surface area contributed by atoms with Crippen LogP contribution in [0.25, 0.3) is 0 Å². The van der Waals surface area contributed by atoms with Crippen LogP contribution in [0.4, 0.5) is 15.8 Å². The average Bonchev–Trinajstić information content (AvgIpc) is 2.41. The van der Waals surface area contributed by atoms with Gasteiger partial charge in [-0.15, -0.1) is 0 Å². The molecule has 1 fully saturated rings. The minimum atomic E-state index is -0.604. The van der Waals surface area contributed by atoms with Crippen molar-refractivity contribution in [1.29, 1.82) is 0 Å². The Hall–Kier alpha value is -1.69. The van der Waals surface area contributed by atoms with Crippen molar-refractivity contribution in [1.82, 2.24) is 0 Å². The minimum Gasteiger partial charge on any atom is -0.379 e. The first kappa shape index (κ1) is 13.7. The molecule has 1 aliphatic rings. The zero-order valence-electron chi connectivity index (χ0n) is 10.6. The first-order valence-corrected chi connectivity index (χ1v) is 6.46. The number of anilines is 1. The minimum absolute atomic E-state index is 0.223. The summed E-state index contributed by atoms with van der Waals surface area (Å²) in [6.07, 6.45) is 4.33. The molecule has 5 nitrogen and oxygen atoms in total. The molecule has 0 amide bonds. The number of halogens is 1. The van der Waals surface area contributed by atoms with Gasteiger partial charge in [0.2, 0.25) is 0 Å². The highest BCUT2D eigenvalue weighted by atomic mass is 19.1. The lowest BCUT2D eigenvalue weighted by Gasteiger charge is -2.22. The lowest BCUT2D eigenvalue weighted by molar-refractivity contribution is -0.384. The second-order valence-electron chi connectivity index (χ2n) is 4.62. The second kappa shape index (κ2) is 6.47. The molecule has 1 unspecified atom stereocenters. The number of ether oxygens (including phenoxy) is 1. The van der Waals surface area contributed by atoms with Gasteiger partial charge in [-0.05, 0) is 37.8 Å². The van der Waals surface area contributed by atoms with Crippen LogP contribution in [0.15, 0.2) is 18.2 Å². The number of nitrogens with one attached hydrogen (secondary N) is 1. The van der Waals surface area contributed by atoms with Gasteiger partial charge < -0.3 is 10.1 Å². The molecule has 0 spiro atoms. The Morgan fingerprint density at radius 3 is 3.00 bits per heavy atom. The zero-order chi connectivity index (χ0) is 13.7. The van der Waals surface area contributed by atoms with E-state index >= 15 is 0 Å². The molecule has 1 saturated heterocycles. The van der Waals surface area contributed by atoms with Gasteiger partial charge >= 0.3 is 0 Å². The zero-order valence-corrected chi connectivity index (χ0v) is 10.6. The van der Waals surface area contributed by atoms with Gasteiger partial charge in [0.05, 0.1) is 17.1 Å². The molecule has 19 heavy (non-hydrogen) atoms. The van der Waals surface area contributed by atoms with Crippen molar-refractivity contribution in [2.45, 2.75) is 31.8 Å². The van der Waals surface area contributed by atoms with Crippen LogP contribution in [-0.2, 0) is 4.74 Å². The molecular weight excluding hydrogens is 251 g/mol. The van der Waals surface area contributed by atoms with Crippen molar-refractivity contribution in [2.75, 3.05) is 18.5 Å². The van der Waals surface area contributed by atoms with Crippen molar-refractivity contribution >= 4 is 11.4 Å². The van der Waals surface area contributed by atoms with Crippen LogP contribution in [0.3, 0.4) is 0 Å². The van der Waals surface area contributed by atoms with Crippen molar-refractivity contribution in [3.63, 3.8) is 0 Å². The summed E-state index contributed by atoms with van der Waals surface area (Å²) in [5.41, 5.74) is 0.117. The van der Waals surface area contributed by atoms with Gasteiger partial charge in [-0.2, -0.15) is 0 Å². The third-order valence-electron chi connectivity index (χ3n) is 3.21. The van der Waals surface area contributed by atoms with Gasteiger partial charge in [-0.3, -0.25) is 10.1 Å². The van der Waals surface area contributed by atoms with E-state index in [1.54, 1.807) is 0 Å². The van der Waals surface area contributed by atoms with Crippen LogP contribution in [0.1, 0.15) is 25.7 Å². The summed E-state index contributed by atoms with van der Waals surface area (Å²) >= 11 is 0. The monoisotopic (exact) mass is 268 g/mol. The fourth-order valence-corrected chi connectivity index (χ4v) is 2.21. The van der Waals surface area contributed by atoms with E-state index in [-0.39, 0.29) is 11.8 Å². The smallest absolute Gasteiger partial charge is 0.295 e. The lowest BCUT2D eigenvalue weighted by atomic mass is 10.1. The maximum Gasteiger partial charge on any atom is 0.295 e. The largest absolute Gasteiger partial charge is 0.379 e. The van der Waals surface area contributed by atoms with E-state index in [9.17, 15) is 14.5 Å². The summed E-state index contributed by atoms with van der Waals surface area (Å²) in [5, 5.41) is 13.8. The number of benzene rings is 1. The molecule has 6 heteroatoms. The number of hydrogen-bond donors (Lipinski definition) is 1. The molecule has 0 saturated carbocycles. The highest BCUT2D eigenvalue weighted by Gasteiger charge is 2.16. The van der Waals surface area contributed by atoms with E-state index in [4.69, 9.17) is 4.74 Å². The normalized spacial score (nSPS) is 19.1. The number of nitro groups is 1. The first-order chi connectivity index (χ1) is 9.16. The predicted molar refractivity (Wildman–Crippen MR) is 69.8 cm³/mol. The molecule has 1 heterocycles. The molecule has 1 atom stereocenters. The third-order valence-corrected chi connectivity index (χ3v) is 3.21. The van der Waals surface area contributed by atoms with E-state index in [0.717, 1.165) is 31.9 Å². The molecule has 1 aliphatic heterocycles. The fourth-order valence-electron chi connectivity index (χ4n) is 2.21. The van der Waals surface area contributed by atoms with E-state index < -0.39 is 10.7 Å². The van der Waals surface area contributed by atoms with E-state index in [0.29, 0.717) is 12.2 Å². The van der Waals surface area contributed by atoms with Gasteiger partial charge in [0, 0.05) is 13.2 Å². The maximum atomic E-state index is 13.0. The lowest BCUT2D eigenvalue weighted by Crippen LogP contribution is -2.22. The van der Waals surface area contributed by atoms with Crippen molar-refractivity contribution in [3.8, 4) is 0 Å². The van der Waals surface area contributed by atoms with E-state index in [1.165, 1.54) is 18.6 Å². The quantitative estimate of drug-likeness (QED) is 0.658. The summed E-state index contributed by atoms with van der Waals surface area (Å²) in [5.74, 6) is -0.604. The second-order valence-corrected chi connectivity index (χ2v) is 4.62. The SMILES string of the molecule is O=[N+]([O-])c1cc(F)ccc1NCCC1CCCCO1. The molecule has 0 radical (unpaired) electrons. The van der Waals surface area contributed by atoms with E-state index in [1.807, 2.05) is 0 Å². The summed E-state index contributed by atoms with van der Waals surface area (Å²) in [6, 6.07) is 3.54. The third kappa shape index (κ3) is 3.89. The Labute approximate surface area is 110 Å². The molecule has 0 bridgehead atoms. The predicted octanol–water partition coefficient (Wildman–Crippen LogP) is 3.11. The number of hydrogen-bond acceptors (Lipinski definition) is 4. The van der Waals surface area contributed by atoms with Crippen molar-refractivity contribution < 1.29 is 14.1 Å². The summed E-state index contributed by atoms with van der Waals surface area (Å²) < 4.78 is 18.5. The van der Waals surface area contributed by atoms with Crippen LogP contribution in [-0.4, -0.2) is 24.2 Å². The molecule has 0 aliphatic carbocycles. The molecule has 1 aromatic rings. The van der Waals surface area contributed by atoms with Crippen molar-refractivity contribution in [2.24, 2.45) is 0 Å². The molecule has 104 valence electrons. The standard InChI is InChI=1S/C13H17FN2O3/c14-10-4-5-12(13(9-10)16(17)18)15-7-6-11-3-1-2-8-19-11/h4-5,9,11,15H,1-3,6-8H2. The summed E-state index contributed by atoms with van der Waals surface area (Å²) in [4.78, 5) is 10.2. The Kier molecular flexibility index (Phi) is 4.68. The Balaban J connectivity index is 1.89. The Bertz CT molecular complexity index is 448. The molecule has 1 N–H and O–H groups in total. The van der Waals surface area contributed by atoms with Crippen LogP contribution < -0.4 is 5.32 Å². The highest BCUT2D eigenvalue weighted by molar-refractivity contribution is 5.61. The van der Waals surface area contributed by atoms with Gasteiger partial charge in [0.1, 0.15) is 11.5 Å². The number of rotatable bonds is 5. The molecular formula is C13H17FN2O3. The molecule has 0 aromatic heterocycles. The fraction of sp³-hybridized carbons (Fsp3) is 0.538. The van der Waals surface area contributed by atoms with Crippen LogP contribution >= 0.6 is 0 Å². The first-order valence-electron chi connectivity index (χ1n) is 6.46. The van der Waals surface area contributed by atoms with Gasteiger partial charge in [-0.25, -0.2) is 4.39 Å². The summed E-state index contributed by atoms with van der Waals surface area (Å²) in [6.45, 7) is 1.37. The molecule has 2 rings (SSSR count). The molecule has 1 aromatic carbocycles. The average molecular weight is 268 g/mol. The van der Waals surface area contributed by atoms with E-state index in [2.05, 4.69) is 5.32 Å². The maximum absolute atomic E-state index is 13.0. The number of nitro benzene ring substituents is 1. The van der Waals surface area contributed by atoms with Crippen molar-refractivity contribution in [3.05, 3.63) is 34.1 Å². The summed E-state index contributed by atoms with van der Waals surface area (Å²) in [7, 11) is 0. The van der Waals surface area contributed by atoms with Crippen LogP contribution in [0.5, 0.6) is 0 Å². The van der Waals surface area contributed by atoms with Crippen LogP contribution in [0, 0.1) is 15.9 Å². The van der Waals surface area contributed by atoms with Crippen LogP contribution in [0.2, 0.25) is 0 Å². The Morgan fingerprint density at radius 1 is 1.47 bits per heavy atom. The van der Waals surface area contributed by atoms with Gasteiger partial charge in [0.25, 0.3) is 5.69 Å². The highest BCUT2D eigenvalue weighted by Crippen LogP contribution is 2.25. The van der Waals surface area contributed by atoms with Gasteiger partial charge in [-0.1, -0.05) is 0 Å². The Morgan fingerprint density at radius 2 is 2.32 bits per heavy atom. The number of nitrogens with zero attached hydrogens (tertiary/aromatic N) is 1.